The highest BCUT2D eigenvalue weighted by Gasteiger charge is 2.38. The number of piperidine rings is 1. The molecule has 3 heterocycles. The van der Waals surface area contributed by atoms with Gasteiger partial charge in [-0.05, 0) is 31.2 Å². The Morgan fingerprint density at radius 2 is 1.86 bits per heavy atom. The molecule has 1 aromatic rings. The Morgan fingerprint density at radius 1 is 1.11 bits per heavy atom. The first-order valence-corrected chi connectivity index (χ1v) is 10.9. The van der Waals surface area contributed by atoms with Crippen LogP contribution in [0.2, 0.25) is 0 Å². The molecule has 2 amide bonds. The zero-order valence-electron chi connectivity index (χ0n) is 16.9. The van der Waals surface area contributed by atoms with Gasteiger partial charge in [-0.2, -0.15) is 5.10 Å². The van der Waals surface area contributed by atoms with Crippen molar-refractivity contribution in [2.75, 3.05) is 26.2 Å². The maximum absolute atomic E-state index is 13.1. The normalized spacial score (nSPS) is 27.1. The lowest BCUT2D eigenvalue weighted by atomic mass is 9.88. The third-order valence-corrected chi connectivity index (χ3v) is 6.81. The van der Waals surface area contributed by atoms with E-state index in [-0.39, 0.29) is 29.6 Å². The van der Waals surface area contributed by atoms with E-state index < -0.39 is 0 Å². The molecule has 2 atom stereocenters. The Morgan fingerprint density at radius 3 is 2.54 bits per heavy atom. The molecular formula is C21H33N5O2. The minimum atomic E-state index is -0.0307. The maximum atomic E-state index is 13.1. The Hall–Kier alpha value is -1.89. The summed E-state index contributed by atoms with van der Waals surface area (Å²) in [5.41, 5.74) is 1.13. The van der Waals surface area contributed by atoms with Crippen molar-refractivity contribution in [1.29, 1.82) is 0 Å². The number of rotatable bonds is 4. The Kier molecular flexibility index (Phi) is 5.99. The fourth-order valence-electron chi connectivity index (χ4n) is 5.08. The van der Waals surface area contributed by atoms with Crippen LogP contribution >= 0.6 is 0 Å². The molecule has 1 aliphatic carbocycles. The van der Waals surface area contributed by atoms with Crippen LogP contribution in [0.4, 0.5) is 0 Å². The molecule has 3 aliphatic rings. The smallest absolute Gasteiger partial charge is 0.227 e. The number of carbonyl (C=O) groups is 2. The van der Waals surface area contributed by atoms with Crippen LogP contribution in [0.15, 0.2) is 12.4 Å². The number of likely N-dealkylation sites (tertiary alicyclic amines) is 1. The SMILES string of the molecule is Cn1cc([C@H]2CNC[C@@H]2C(=O)N2CCC(C(=O)NC3CCCCC3)CC2)cn1. The van der Waals surface area contributed by atoms with Crippen molar-refractivity contribution < 1.29 is 9.59 Å². The van der Waals surface area contributed by atoms with Crippen LogP contribution in [-0.4, -0.2) is 58.7 Å². The predicted molar refractivity (Wildman–Crippen MR) is 107 cm³/mol. The highest BCUT2D eigenvalue weighted by Crippen LogP contribution is 2.31. The van der Waals surface area contributed by atoms with Gasteiger partial charge >= 0.3 is 0 Å². The lowest BCUT2D eigenvalue weighted by molar-refractivity contribution is -0.139. The van der Waals surface area contributed by atoms with Crippen LogP contribution in [0.5, 0.6) is 0 Å². The van der Waals surface area contributed by atoms with Gasteiger partial charge in [-0.1, -0.05) is 19.3 Å². The summed E-state index contributed by atoms with van der Waals surface area (Å²) in [7, 11) is 1.91. The topological polar surface area (TPSA) is 79.3 Å². The largest absolute Gasteiger partial charge is 0.353 e. The molecule has 2 aliphatic heterocycles. The molecule has 1 aromatic heterocycles. The van der Waals surface area contributed by atoms with Crippen LogP contribution in [0.1, 0.15) is 56.4 Å². The summed E-state index contributed by atoms with van der Waals surface area (Å²) in [6.45, 7) is 2.93. The lowest BCUT2D eigenvalue weighted by Gasteiger charge is -2.34. The number of hydrogen-bond acceptors (Lipinski definition) is 4. The molecule has 154 valence electrons. The molecule has 3 fully saturated rings. The summed E-state index contributed by atoms with van der Waals surface area (Å²) in [5, 5.41) is 10.9. The second-order valence-electron chi connectivity index (χ2n) is 8.76. The quantitative estimate of drug-likeness (QED) is 0.819. The van der Waals surface area contributed by atoms with Gasteiger partial charge in [0.2, 0.25) is 11.8 Å². The minimum Gasteiger partial charge on any atom is -0.353 e. The van der Waals surface area contributed by atoms with Crippen molar-refractivity contribution in [2.45, 2.75) is 56.9 Å². The molecule has 7 nitrogen and oxygen atoms in total. The number of hydrogen-bond donors (Lipinski definition) is 2. The summed E-state index contributed by atoms with van der Waals surface area (Å²) >= 11 is 0. The van der Waals surface area contributed by atoms with Crippen molar-refractivity contribution in [3.63, 3.8) is 0 Å². The minimum absolute atomic E-state index is 0.0307. The predicted octanol–water partition coefficient (Wildman–Crippen LogP) is 1.41. The number of amides is 2. The van der Waals surface area contributed by atoms with E-state index in [4.69, 9.17) is 0 Å². The average Bonchev–Trinajstić information content (AvgIpc) is 3.37. The lowest BCUT2D eigenvalue weighted by Crippen LogP contribution is -2.47. The second kappa shape index (κ2) is 8.64. The first-order chi connectivity index (χ1) is 13.6. The van der Waals surface area contributed by atoms with E-state index in [2.05, 4.69) is 15.7 Å². The summed E-state index contributed by atoms with van der Waals surface area (Å²) in [5.74, 6) is 0.645. The molecule has 0 unspecified atom stereocenters. The number of aryl methyl sites for hydroxylation is 1. The highest BCUT2D eigenvalue weighted by molar-refractivity contribution is 5.82. The molecule has 0 bridgehead atoms. The Bertz CT molecular complexity index is 689. The number of aromatic nitrogens is 2. The van der Waals surface area contributed by atoms with Crippen LogP contribution in [0.25, 0.3) is 0 Å². The van der Waals surface area contributed by atoms with E-state index in [1.165, 1.54) is 19.3 Å². The van der Waals surface area contributed by atoms with Crippen LogP contribution < -0.4 is 10.6 Å². The van der Waals surface area contributed by atoms with Crippen molar-refractivity contribution in [1.82, 2.24) is 25.3 Å². The summed E-state index contributed by atoms with van der Waals surface area (Å²) in [6, 6.07) is 0.366. The molecule has 2 N–H and O–H groups in total. The molecule has 2 saturated heterocycles. The maximum Gasteiger partial charge on any atom is 0.227 e. The van der Waals surface area contributed by atoms with Gasteiger partial charge in [0.25, 0.3) is 0 Å². The van der Waals surface area contributed by atoms with Crippen molar-refractivity contribution in [2.24, 2.45) is 18.9 Å². The van der Waals surface area contributed by atoms with E-state index in [0.29, 0.717) is 19.1 Å². The third-order valence-electron chi connectivity index (χ3n) is 6.81. The molecule has 0 aromatic carbocycles. The monoisotopic (exact) mass is 387 g/mol. The van der Waals surface area contributed by atoms with Gasteiger partial charge in [0.05, 0.1) is 12.1 Å². The van der Waals surface area contributed by atoms with E-state index in [0.717, 1.165) is 44.3 Å². The van der Waals surface area contributed by atoms with E-state index in [1.807, 2.05) is 24.3 Å². The fraction of sp³-hybridized carbons (Fsp3) is 0.762. The summed E-state index contributed by atoms with van der Waals surface area (Å²) < 4.78 is 1.80. The molecule has 7 heteroatoms. The van der Waals surface area contributed by atoms with Crippen LogP contribution in [0.3, 0.4) is 0 Å². The average molecular weight is 388 g/mol. The van der Waals surface area contributed by atoms with E-state index >= 15 is 0 Å². The van der Waals surface area contributed by atoms with Gasteiger partial charge in [-0.25, -0.2) is 0 Å². The highest BCUT2D eigenvalue weighted by atomic mass is 16.2. The zero-order valence-corrected chi connectivity index (χ0v) is 16.9. The second-order valence-corrected chi connectivity index (χ2v) is 8.76. The number of nitrogens with zero attached hydrogens (tertiary/aromatic N) is 3. The van der Waals surface area contributed by atoms with Gasteiger partial charge in [-0.3, -0.25) is 14.3 Å². The molecular weight excluding hydrogens is 354 g/mol. The molecule has 0 radical (unpaired) electrons. The van der Waals surface area contributed by atoms with E-state index in [1.54, 1.807) is 4.68 Å². The van der Waals surface area contributed by atoms with Gasteiger partial charge in [0.1, 0.15) is 0 Å². The summed E-state index contributed by atoms with van der Waals surface area (Å²) in [4.78, 5) is 27.7. The van der Waals surface area contributed by atoms with Crippen molar-refractivity contribution in [3.8, 4) is 0 Å². The zero-order chi connectivity index (χ0) is 19.5. The molecule has 28 heavy (non-hydrogen) atoms. The number of nitrogens with one attached hydrogen (secondary N) is 2. The van der Waals surface area contributed by atoms with Gasteiger partial charge < -0.3 is 15.5 Å². The van der Waals surface area contributed by atoms with Crippen molar-refractivity contribution in [3.05, 3.63) is 18.0 Å². The van der Waals surface area contributed by atoms with Crippen LogP contribution in [0, 0.1) is 11.8 Å². The van der Waals surface area contributed by atoms with Gasteiger partial charge in [0.15, 0.2) is 0 Å². The van der Waals surface area contributed by atoms with Gasteiger partial charge in [0, 0.05) is 57.3 Å². The van der Waals surface area contributed by atoms with E-state index in [9.17, 15) is 9.59 Å². The van der Waals surface area contributed by atoms with Crippen molar-refractivity contribution >= 4 is 11.8 Å². The Balaban J connectivity index is 1.29. The Labute approximate surface area is 167 Å². The molecule has 4 rings (SSSR count). The molecule has 1 saturated carbocycles. The first kappa shape index (κ1) is 19.4. The standard InChI is InChI=1S/C21H33N5O2/c1-25-14-16(11-23-25)18-12-22-13-19(18)21(28)26-9-7-15(8-10-26)20(27)24-17-5-3-2-4-6-17/h11,14-15,17-19,22H,2-10,12-13H2,1H3,(H,24,27)/t18-,19+/m1/s1. The number of carbonyl (C=O) groups excluding carboxylic acids is 2. The fourth-order valence-corrected chi connectivity index (χ4v) is 5.08. The molecule has 0 spiro atoms. The summed E-state index contributed by atoms with van der Waals surface area (Å²) in [6.07, 6.45) is 11.4. The first-order valence-electron chi connectivity index (χ1n) is 10.9. The van der Waals surface area contributed by atoms with Gasteiger partial charge in [-0.15, -0.1) is 0 Å². The third kappa shape index (κ3) is 4.24. The van der Waals surface area contributed by atoms with Crippen LogP contribution in [-0.2, 0) is 16.6 Å².